The Hall–Kier alpha value is -1.80. The van der Waals surface area contributed by atoms with Crippen LogP contribution in [0.3, 0.4) is 0 Å². The van der Waals surface area contributed by atoms with Crippen LogP contribution in [-0.2, 0) is 9.53 Å². The molecule has 0 radical (unpaired) electrons. The molecule has 1 aromatic rings. The Bertz CT molecular complexity index is 551. The normalized spacial score (nSPS) is 18.2. The number of carbonyl (C=O) groups is 2. The van der Waals surface area contributed by atoms with Crippen molar-refractivity contribution < 1.29 is 24.2 Å². The van der Waals surface area contributed by atoms with Gasteiger partial charge in [-0.05, 0) is 34.1 Å². The summed E-state index contributed by atoms with van der Waals surface area (Å²) in [6, 6.07) is 4.78. The van der Waals surface area contributed by atoms with Crippen molar-refractivity contribution in [2.75, 3.05) is 32.1 Å². The highest BCUT2D eigenvalue weighted by Gasteiger charge is 2.29. The summed E-state index contributed by atoms with van der Waals surface area (Å²) in [5, 5.41) is 11.6. The van der Waals surface area contributed by atoms with Gasteiger partial charge in [-0.2, -0.15) is 0 Å². The number of hydrogen-bond acceptors (Lipinski definition) is 4. The van der Waals surface area contributed by atoms with E-state index in [0.29, 0.717) is 22.5 Å². The Morgan fingerprint density at radius 1 is 1.52 bits per heavy atom. The molecule has 1 atom stereocenters. The number of halogens is 1. The zero-order valence-electron chi connectivity index (χ0n) is 11.3. The quantitative estimate of drug-likeness (QED) is 0.859. The minimum absolute atomic E-state index is 0.0263. The summed E-state index contributed by atoms with van der Waals surface area (Å²) in [7, 11) is 1.55. The summed E-state index contributed by atoms with van der Waals surface area (Å²) < 4.78 is 10.9. The Kier molecular flexibility index (Phi) is 5.03. The molecule has 1 unspecified atom stereocenters. The molecule has 1 aromatic carbocycles. The molecule has 8 heteroatoms. The van der Waals surface area contributed by atoms with Crippen LogP contribution in [0.1, 0.15) is 0 Å². The van der Waals surface area contributed by atoms with E-state index in [2.05, 4.69) is 21.2 Å². The van der Waals surface area contributed by atoms with Gasteiger partial charge in [0.05, 0.1) is 24.7 Å². The number of amides is 2. The number of carboxylic acid groups (broad SMARTS) is 1. The molecular weight excluding hydrogens is 344 g/mol. The van der Waals surface area contributed by atoms with E-state index in [4.69, 9.17) is 14.6 Å². The number of urea groups is 1. The molecule has 1 heterocycles. The molecular formula is C13H15BrN2O5. The van der Waals surface area contributed by atoms with Crippen LogP contribution in [0.2, 0.25) is 0 Å². The second-order valence-corrected chi connectivity index (χ2v) is 5.28. The zero-order valence-corrected chi connectivity index (χ0v) is 12.9. The van der Waals surface area contributed by atoms with Gasteiger partial charge in [0.15, 0.2) is 6.10 Å². The molecule has 0 aromatic heterocycles. The number of nitrogens with zero attached hydrogens (tertiary/aromatic N) is 1. The van der Waals surface area contributed by atoms with Gasteiger partial charge in [-0.3, -0.25) is 0 Å². The molecule has 0 aliphatic carbocycles. The molecule has 7 nitrogen and oxygen atoms in total. The van der Waals surface area contributed by atoms with Crippen LogP contribution in [-0.4, -0.2) is 54.9 Å². The number of benzene rings is 1. The summed E-state index contributed by atoms with van der Waals surface area (Å²) in [4.78, 5) is 24.4. The summed E-state index contributed by atoms with van der Waals surface area (Å²) in [5.74, 6) is -0.412. The number of methoxy groups -OCH3 is 1. The average Bonchev–Trinajstić information content (AvgIpc) is 2.47. The number of ether oxygens (including phenoxy) is 2. The van der Waals surface area contributed by atoms with E-state index in [1.54, 1.807) is 25.3 Å². The molecule has 21 heavy (non-hydrogen) atoms. The van der Waals surface area contributed by atoms with Gasteiger partial charge in [-0.1, -0.05) is 0 Å². The first-order valence-electron chi connectivity index (χ1n) is 6.25. The highest BCUT2D eigenvalue weighted by atomic mass is 79.9. The maximum absolute atomic E-state index is 12.1. The number of anilines is 1. The highest BCUT2D eigenvalue weighted by Crippen LogP contribution is 2.27. The molecule has 114 valence electrons. The Labute approximate surface area is 130 Å². The summed E-state index contributed by atoms with van der Waals surface area (Å²) in [6.45, 7) is 0.585. The second kappa shape index (κ2) is 6.77. The highest BCUT2D eigenvalue weighted by molar-refractivity contribution is 9.10. The number of nitrogens with one attached hydrogen (secondary N) is 1. The summed E-state index contributed by atoms with van der Waals surface area (Å²) in [5.41, 5.74) is 0.589. The van der Waals surface area contributed by atoms with Crippen molar-refractivity contribution in [3.63, 3.8) is 0 Å². The molecule has 1 saturated heterocycles. The van der Waals surface area contributed by atoms with Crippen LogP contribution in [0.25, 0.3) is 0 Å². The van der Waals surface area contributed by atoms with E-state index in [-0.39, 0.29) is 19.2 Å². The van der Waals surface area contributed by atoms with E-state index >= 15 is 0 Å². The van der Waals surface area contributed by atoms with Crippen LogP contribution in [0.4, 0.5) is 10.5 Å². The number of morpholine rings is 1. The van der Waals surface area contributed by atoms with Crippen molar-refractivity contribution in [2.24, 2.45) is 0 Å². The summed E-state index contributed by atoms with van der Waals surface area (Å²) >= 11 is 3.33. The van der Waals surface area contributed by atoms with Gasteiger partial charge < -0.3 is 24.8 Å². The number of carboxylic acids is 1. The maximum Gasteiger partial charge on any atom is 0.334 e. The molecule has 2 rings (SSSR count). The molecule has 2 amide bonds. The van der Waals surface area contributed by atoms with Gasteiger partial charge in [-0.25, -0.2) is 9.59 Å². The standard InChI is InChI=1S/C13H15BrN2O5/c1-20-10-3-2-8(6-9(10)14)15-13(19)16-4-5-21-11(7-16)12(17)18/h2-3,6,11H,4-5,7H2,1H3,(H,15,19)(H,17,18). The fraction of sp³-hybridized carbons (Fsp3) is 0.385. The molecule has 2 N–H and O–H groups in total. The zero-order chi connectivity index (χ0) is 15.4. The number of aliphatic carboxylic acids is 1. The lowest BCUT2D eigenvalue weighted by atomic mass is 10.2. The molecule has 1 aliphatic heterocycles. The maximum atomic E-state index is 12.1. The second-order valence-electron chi connectivity index (χ2n) is 4.42. The molecule has 1 aliphatic rings. The fourth-order valence-electron chi connectivity index (χ4n) is 1.93. The van der Waals surface area contributed by atoms with Gasteiger partial charge in [0.25, 0.3) is 0 Å². The largest absolute Gasteiger partial charge is 0.496 e. The van der Waals surface area contributed by atoms with E-state index in [1.807, 2.05) is 0 Å². The number of carbonyl (C=O) groups excluding carboxylic acids is 1. The third-order valence-corrected chi connectivity index (χ3v) is 3.65. The lowest BCUT2D eigenvalue weighted by Crippen LogP contribution is -2.49. The smallest absolute Gasteiger partial charge is 0.334 e. The topological polar surface area (TPSA) is 88.1 Å². The monoisotopic (exact) mass is 358 g/mol. The fourth-order valence-corrected chi connectivity index (χ4v) is 2.47. The molecule has 0 bridgehead atoms. The van der Waals surface area contributed by atoms with Crippen molar-refractivity contribution in [1.82, 2.24) is 4.90 Å². The van der Waals surface area contributed by atoms with Crippen LogP contribution in [0, 0.1) is 0 Å². The minimum atomic E-state index is -1.07. The third kappa shape index (κ3) is 3.85. The average molecular weight is 359 g/mol. The minimum Gasteiger partial charge on any atom is -0.496 e. The van der Waals surface area contributed by atoms with Gasteiger partial charge in [0, 0.05) is 12.2 Å². The molecule has 0 spiro atoms. The van der Waals surface area contributed by atoms with Crippen molar-refractivity contribution in [3.8, 4) is 5.75 Å². The first kappa shape index (κ1) is 15.6. The van der Waals surface area contributed by atoms with Crippen LogP contribution in [0.5, 0.6) is 5.75 Å². The van der Waals surface area contributed by atoms with E-state index in [0.717, 1.165) is 0 Å². The van der Waals surface area contributed by atoms with Crippen molar-refractivity contribution in [3.05, 3.63) is 22.7 Å². The van der Waals surface area contributed by atoms with E-state index in [1.165, 1.54) is 4.90 Å². The van der Waals surface area contributed by atoms with Crippen molar-refractivity contribution in [2.45, 2.75) is 6.10 Å². The molecule has 0 saturated carbocycles. The lowest BCUT2D eigenvalue weighted by Gasteiger charge is -2.30. The number of rotatable bonds is 3. The lowest BCUT2D eigenvalue weighted by molar-refractivity contribution is -0.154. The summed E-state index contributed by atoms with van der Waals surface area (Å²) in [6.07, 6.45) is -0.980. The first-order chi connectivity index (χ1) is 10.0. The third-order valence-electron chi connectivity index (χ3n) is 3.03. The van der Waals surface area contributed by atoms with Gasteiger partial charge in [0.1, 0.15) is 5.75 Å². The van der Waals surface area contributed by atoms with Gasteiger partial charge >= 0.3 is 12.0 Å². The van der Waals surface area contributed by atoms with E-state index in [9.17, 15) is 9.59 Å². The van der Waals surface area contributed by atoms with Crippen molar-refractivity contribution >= 4 is 33.6 Å². The van der Waals surface area contributed by atoms with Gasteiger partial charge in [0.2, 0.25) is 0 Å². The van der Waals surface area contributed by atoms with Crippen LogP contribution < -0.4 is 10.1 Å². The van der Waals surface area contributed by atoms with Gasteiger partial charge in [-0.15, -0.1) is 0 Å². The predicted molar refractivity (Wildman–Crippen MR) is 78.7 cm³/mol. The van der Waals surface area contributed by atoms with E-state index < -0.39 is 12.1 Å². The molecule has 1 fully saturated rings. The Morgan fingerprint density at radius 2 is 2.29 bits per heavy atom. The Balaban J connectivity index is 2.00. The SMILES string of the molecule is COc1ccc(NC(=O)N2CCOC(C(=O)O)C2)cc1Br. The van der Waals surface area contributed by atoms with Crippen LogP contribution in [0.15, 0.2) is 22.7 Å². The number of hydrogen-bond donors (Lipinski definition) is 2. The van der Waals surface area contributed by atoms with Crippen molar-refractivity contribution in [1.29, 1.82) is 0 Å². The first-order valence-corrected chi connectivity index (χ1v) is 7.04. The van der Waals surface area contributed by atoms with Crippen LogP contribution >= 0.6 is 15.9 Å². The predicted octanol–water partition coefficient (Wildman–Crippen LogP) is 1.77. The Morgan fingerprint density at radius 3 is 2.90 bits per heavy atom.